The van der Waals surface area contributed by atoms with Crippen LogP contribution in [0.15, 0.2) is 48.7 Å². The predicted molar refractivity (Wildman–Crippen MR) is 144 cm³/mol. The topological polar surface area (TPSA) is 120 Å². The summed E-state index contributed by atoms with van der Waals surface area (Å²) in [5.74, 6) is -0.349. The Morgan fingerprint density at radius 2 is 1.71 bits per heavy atom. The van der Waals surface area contributed by atoms with Crippen molar-refractivity contribution in [2.45, 2.75) is 59.0 Å². The first-order chi connectivity index (χ1) is 17.9. The molecule has 200 valence electrons. The van der Waals surface area contributed by atoms with Crippen molar-refractivity contribution in [3.8, 4) is 5.69 Å². The van der Waals surface area contributed by atoms with Crippen molar-refractivity contribution in [1.82, 2.24) is 14.7 Å². The maximum Gasteiger partial charge on any atom is 0.410 e. The van der Waals surface area contributed by atoms with Gasteiger partial charge in [-0.25, -0.2) is 9.48 Å². The van der Waals surface area contributed by atoms with Gasteiger partial charge in [0, 0.05) is 36.8 Å². The number of non-ortho nitro benzene ring substituents is 1. The lowest BCUT2D eigenvalue weighted by atomic mass is 9.90. The van der Waals surface area contributed by atoms with E-state index in [1.54, 1.807) is 21.7 Å². The van der Waals surface area contributed by atoms with Gasteiger partial charge >= 0.3 is 6.09 Å². The molecule has 2 heterocycles. The van der Waals surface area contributed by atoms with Gasteiger partial charge in [0.1, 0.15) is 5.60 Å². The highest BCUT2D eigenvalue weighted by atomic mass is 16.6. The van der Waals surface area contributed by atoms with Gasteiger partial charge in [0.2, 0.25) is 0 Å². The first kappa shape index (κ1) is 26.8. The molecule has 1 N–H and O–H groups in total. The van der Waals surface area contributed by atoms with Crippen molar-refractivity contribution < 1.29 is 19.2 Å². The van der Waals surface area contributed by atoms with Crippen LogP contribution in [0.3, 0.4) is 0 Å². The van der Waals surface area contributed by atoms with Crippen molar-refractivity contribution in [1.29, 1.82) is 0 Å². The number of aryl methyl sites for hydroxylation is 2. The van der Waals surface area contributed by atoms with Crippen LogP contribution in [0.1, 0.15) is 66.7 Å². The molecule has 0 saturated carbocycles. The number of amides is 2. The number of benzene rings is 2. The van der Waals surface area contributed by atoms with Crippen LogP contribution in [0.5, 0.6) is 0 Å². The number of rotatable bonds is 5. The second-order valence-electron chi connectivity index (χ2n) is 10.6. The average Bonchev–Trinajstić information content (AvgIpc) is 3.31. The highest BCUT2D eigenvalue weighted by Crippen LogP contribution is 2.33. The van der Waals surface area contributed by atoms with Gasteiger partial charge in [0.15, 0.2) is 0 Å². The molecule has 0 radical (unpaired) electrons. The molecule has 0 atom stereocenters. The molecule has 4 rings (SSSR count). The van der Waals surface area contributed by atoms with E-state index < -0.39 is 10.5 Å². The first-order valence-electron chi connectivity index (χ1n) is 12.6. The quantitative estimate of drug-likeness (QED) is 0.338. The van der Waals surface area contributed by atoms with Crippen molar-refractivity contribution in [2.75, 3.05) is 18.4 Å². The largest absolute Gasteiger partial charge is 0.444 e. The second kappa shape index (κ2) is 10.6. The molecule has 0 aliphatic carbocycles. The molecule has 0 spiro atoms. The Bertz CT molecular complexity index is 1350. The Hall–Kier alpha value is -4.21. The molecule has 1 aliphatic rings. The number of ether oxygens (including phenoxy) is 1. The molecular weight excluding hydrogens is 486 g/mol. The molecule has 38 heavy (non-hydrogen) atoms. The minimum absolute atomic E-state index is 0.0270. The van der Waals surface area contributed by atoms with E-state index in [2.05, 4.69) is 10.4 Å². The summed E-state index contributed by atoms with van der Waals surface area (Å²) in [5, 5.41) is 18.6. The van der Waals surface area contributed by atoms with Crippen LogP contribution < -0.4 is 5.32 Å². The van der Waals surface area contributed by atoms with E-state index in [1.165, 1.54) is 18.3 Å². The van der Waals surface area contributed by atoms with Gasteiger partial charge < -0.3 is 15.0 Å². The number of nitro groups is 1. The van der Waals surface area contributed by atoms with E-state index in [-0.39, 0.29) is 23.6 Å². The molecule has 0 unspecified atom stereocenters. The number of likely N-dealkylation sites (tertiary alicyclic amines) is 1. The SMILES string of the molecule is Cc1ccc(NC(=O)c2cnn(-c3ccc([N+](=O)[O-])cc3)c2C2CCN(C(=O)OC(C)(C)C)CC2)cc1C. The normalized spacial score (nSPS) is 14.3. The lowest BCUT2D eigenvalue weighted by molar-refractivity contribution is -0.384. The third kappa shape index (κ3) is 6.01. The van der Waals surface area contributed by atoms with E-state index in [4.69, 9.17) is 4.74 Å². The van der Waals surface area contributed by atoms with Gasteiger partial charge in [-0.05, 0) is 82.9 Å². The third-order valence-corrected chi connectivity index (χ3v) is 6.65. The zero-order chi connectivity index (χ0) is 27.6. The van der Waals surface area contributed by atoms with E-state index in [9.17, 15) is 19.7 Å². The number of aromatic nitrogens is 2. The number of nitro benzene ring substituents is 1. The number of anilines is 1. The number of hydrogen-bond acceptors (Lipinski definition) is 6. The molecular formula is C28H33N5O5. The monoisotopic (exact) mass is 519 g/mol. The van der Waals surface area contributed by atoms with Crippen LogP contribution in [-0.2, 0) is 4.74 Å². The fourth-order valence-electron chi connectivity index (χ4n) is 4.53. The molecule has 10 nitrogen and oxygen atoms in total. The maximum absolute atomic E-state index is 13.5. The molecule has 1 fully saturated rings. The van der Waals surface area contributed by atoms with E-state index in [0.717, 1.165) is 11.1 Å². The number of piperidine rings is 1. The van der Waals surface area contributed by atoms with E-state index in [0.29, 0.717) is 48.6 Å². The molecule has 1 aromatic heterocycles. The molecule has 2 aromatic carbocycles. The number of carbonyl (C=O) groups excluding carboxylic acids is 2. The number of nitrogens with one attached hydrogen (secondary N) is 1. The molecule has 0 bridgehead atoms. The summed E-state index contributed by atoms with van der Waals surface area (Å²) in [6.07, 6.45) is 2.41. The van der Waals surface area contributed by atoms with E-state index >= 15 is 0 Å². The molecule has 10 heteroatoms. The zero-order valence-corrected chi connectivity index (χ0v) is 22.4. The van der Waals surface area contributed by atoms with Gasteiger partial charge in [-0.3, -0.25) is 14.9 Å². The van der Waals surface area contributed by atoms with Gasteiger partial charge in [0.25, 0.3) is 11.6 Å². The summed E-state index contributed by atoms with van der Waals surface area (Å²) < 4.78 is 7.20. The highest BCUT2D eigenvalue weighted by Gasteiger charge is 2.32. The molecule has 2 amide bonds. The van der Waals surface area contributed by atoms with Crippen LogP contribution in [0.25, 0.3) is 5.69 Å². The minimum Gasteiger partial charge on any atom is -0.444 e. The second-order valence-corrected chi connectivity index (χ2v) is 10.6. The molecule has 3 aromatic rings. The fourth-order valence-corrected chi connectivity index (χ4v) is 4.53. The lowest BCUT2D eigenvalue weighted by Crippen LogP contribution is -2.41. The Balaban J connectivity index is 1.64. The summed E-state index contributed by atoms with van der Waals surface area (Å²) in [6.45, 7) is 10.5. The fraction of sp³-hybridized carbons (Fsp3) is 0.393. The molecule has 1 aliphatic heterocycles. The van der Waals surface area contributed by atoms with Crippen molar-refractivity contribution in [3.05, 3.63) is 81.2 Å². The first-order valence-corrected chi connectivity index (χ1v) is 12.6. The molecule has 1 saturated heterocycles. The summed E-state index contributed by atoms with van der Waals surface area (Å²) in [7, 11) is 0. The number of carbonyl (C=O) groups is 2. The minimum atomic E-state index is -0.581. The Morgan fingerprint density at radius 3 is 2.29 bits per heavy atom. The summed E-state index contributed by atoms with van der Waals surface area (Å²) in [6, 6.07) is 11.8. The summed E-state index contributed by atoms with van der Waals surface area (Å²) >= 11 is 0. The van der Waals surface area contributed by atoms with Gasteiger partial charge in [0.05, 0.1) is 28.1 Å². The maximum atomic E-state index is 13.5. The van der Waals surface area contributed by atoms with Gasteiger partial charge in [-0.15, -0.1) is 0 Å². The van der Waals surface area contributed by atoms with Crippen molar-refractivity contribution in [3.63, 3.8) is 0 Å². The van der Waals surface area contributed by atoms with Crippen LogP contribution in [0, 0.1) is 24.0 Å². The Labute approximate surface area is 221 Å². The zero-order valence-electron chi connectivity index (χ0n) is 22.4. The predicted octanol–water partition coefficient (Wildman–Crippen LogP) is 5.76. The van der Waals surface area contributed by atoms with Crippen molar-refractivity contribution >= 4 is 23.4 Å². The average molecular weight is 520 g/mol. The Morgan fingerprint density at radius 1 is 1.05 bits per heavy atom. The van der Waals surface area contributed by atoms with Crippen LogP contribution >= 0.6 is 0 Å². The van der Waals surface area contributed by atoms with Crippen LogP contribution in [-0.4, -0.2) is 50.3 Å². The summed E-state index contributed by atoms with van der Waals surface area (Å²) in [4.78, 5) is 38.4. The van der Waals surface area contributed by atoms with E-state index in [1.807, 2.05) is 52.8 Å². The lowest BCUT2D eigenvalue weighted by Gasteiger charge is -2.34. The number of hydrogen-bond donors (Lipinski definition) is 1. The van der Waals surface area contributed by atoms with Crippen molar-refractivity contribution in [2.24, 2.45) is 0 Å². The standard InChI is InChI=1S/C28H33N5O5/c1-18-6-7-21(16-19(18)2)30-26(34)24-17-29-32(22-8-10-23(11-9-22)33(36)37)25(24)20-12-14-31(15-13-20)27(35)38-28(3,4)5/h6-11,16-17,20H,12-15H2,1-5H3,(H,30,34). The smallest absolute Gasteiger partial charge is 0.410 e. The van der Waals surface area contributed by atoms with Gasteiger partial charge in [-0.2, -0.15) is 5.10 Å². The number of nitrogens with zero attached hydrogens (tertiary/aromatic N) is 4. The highest BCUT2D eigenvalue weighted by molar-refractivity contribution is 6.05. The van der Waals surface area contributed by atoms with Crippen LogP contribution in [0.2, 0.25) is 0 Å². The third-order valence-electron chi connectivity index (χ3n) is 6.65. The summed E-state index contributed by atoms with van der Waals surface area (Å²) in [5.41, 5.74) is 4.03. The van der Waals surface area contributed by atoms with Gasteiger partial charge in [-0.1, -0.05) is 6.07 Å². The Kier molecular flexibility index (Phi) is 7.52. The van der Waals surface area contributed by atoms with Crippen LogP contribution in [0.4, 0.5) is 16.2 Å².